The van der Waals surface area contributed by atoms with Crippen LogP contribution in [0.25, 0.3) is 11.1 Å². The van der Waals surface area contributed by atoms with Gasteiger partial charge in [-0.1, -0.05) is 55.5 Å². The Hall–Kier alpha value is -1.60. The first-order valence-corrected chi connectivity index (χ1v) is 6.61. The van der Waals surface area contributed by atoms with Crippen molar-refractivity contribution in [1.82, 2.24) is 5.32 Å². The maximum atomic E-state index is 3.31. The highest BCUT2D eigenvalue weighted by atomic mass is 14.9. The number of aryl methyl sites for hydroxylation is 1. The minimum Gasteiger partial charge on any atom is -0.313 e. The van der Waals surface area contributed by atoms with Gasteiger partial charge in [-0.2, -0.15) is 0 Å². The molecule has 1 N–H and O–H groups in total. The van der Waals surface area contributed by atoms with Gasteiger partial charge in [0.1, 0.15) is 0 Å². The van der Waals surface area contributed by atoms with Gasteiger partial charge >= 0.3 is 0 Å². The van der Waals surface area contributed by atoms with Crippen LogP contribution in [0.4, 0.5) is 0 Å². The zero-order valence-corrected chi connectivity index (χ0v) is 11.4. The molecule has 2 aromatic rings. The fraction of sp³-hybridized carbons (Fsp3) is 0.294. The summed E-state index contributed by atoms with van der Waals surface area (Å²) in [6.45, 7) is 4.38. The average Bonchev–Trinajstić information content (AvgIpc) is 2.46. The van der Waals surface area contributed by atoms with Crippen LogP contribution in [0.1, 0.15) is 31.0 Å². The van der Waals surface area contributed by atoms with Gasteiger partial charge in [0.15, 0.2) is 0 Å². The van der Waals surface area contributed by atoms with E-state index < -0.39 is 0 Å². The molecular formula is C17H21N. The monoisotopic (exact) mass is 239 g/mol. The lowest BCUT2D eigenvalue weighted by Gasteiger charge is -2.16. The molecule has 1 heteroatoms. The Balaban J connectivity index is 2.43. The van der Waals surface area contributed by atoms with E-state index in [1.54, 1.807) is 0 Å². The Morgan fingerprint density at radius 2 is 1.67 bits per heavy atom. The van der Waals surface area contributed by atoms with Crippen molar-refractivity contribution in [2.45, 2.75) is 26.3 Å². The highest BCUT2D eigenvalue weighted by Crippen LogP contribution is 2.28. The van der Waals surface area contributed by atoms with Crippen molar-refractivity contribution in [2.75, 3.05) is 7.05 Å². The second-order valence-electron chi connectivity index (χ2n) is 4.65. The summed E-state index contributed by atoms with van der Waals surface area (Å²) in [5.74, 6) is 0. The van der Waals surface area contributed by atoms with Gasteiger partial charge in [-0.15, -0.1) is 0 Å². The molecular weight excluding hydrogens is 218 g/mol. The van der Waals surface area contributed by atoms with Crippen molar-refractivity contribution in [1.29, 1.82) is 0 Å². The first kappa shape index (κ1) is 12.8. The van der Waals surface area contributed by atoms with Gasteiger partial charge in [0.25, 0.3) is 0 Å². The van der Waals surface area contributed by atoms with E-state index in [2.05, 4.69) is 67.7 Å². The van der Waals surface area contributed by atoms with Gasteiger partial charge in [0.2, 0.25) is 0 Å². The van der Waals surface area contributed by atoms with E-state index in [4.69, 9.17) is 0 Å². The molecule has 2 aromatic carbocycles. The minimum atomic E-state index is 0.368. The van der Waals surface area contributed by atoms with E-state index in [0.717, 1.165) is 6.42 Å². The van der Waals surface area contributed by atoms with Crippen molar-refractivity contribution in [2.24, 2.45) is 0 Å². The molecule has 0 saturated carbocycles. The molecule has 18 heavy (non-hydrogen) atoms. The summed E-state index contributed by atoms with van der Waals surface area (Å²) in [6, 6.07) is 17.9. The Kier molecular flexibility index (Phi) is 4.16. The summed E-state index contributed by atoms with van der Waals surface area (Å²) in [5.41, 5.74) is 5.36. The highest BCUT2D eigenvalue weighted by molar-refractivity contribution is 5.68. The second-order valence-corrected chi connectivity index (χ2v) is 4.65. The molecule has 94 valence electrons. The quantitative estimate of drug-likeness (QED) is 0.843. The molecule has 1 atom stereocenters. The van der Waals surface area contributed by atoms with Gasteiger partial charge < -0.3 is 5.32 Å². The number of rotatable bonds is 4. The van der Waals surface area contributed by atoms with E-state index in [9.17, 15) is 0 Å². The molecule has 1 nitrogen and oxygen atoms in total. The number of benzene rings is 2. The van der Waals surface area contributed by atoms with Crippen molar-refractivity contribution in [3.05, 3.63) is 59.7 Å². The number of nitrogens with one attached hydrogen (secondary N) is 1. The molecule has 0 saturated heterocycles. The van der Waals surface area contributed by atoms with Crippen LogP contribution in [0.15, 0.2) is 48.5 Å². The Bertz CT molecular complexity index is 499. The molecule has 0 aliphatic carbocycles. The third-order valence-electron chi connectivity index (χ3n) is 3.53. The fourth-order valence-electron chi connectivity index (χ4n) is 2.21. The van der Waals surface area contributed by atoms with Crippen molar-refractivity contribution in [3.63, 3.8) is 0 Å². The predicted octanol–water partition coefficient (Wildman–Crippen LogP) is 4.20. The van der Waals surface area contributed by atoms with Crippen LogP contribution >= 0.6 is 0 Å². The standard InChI is InChI=1S/C17H21N/c1-4-14-9-11-15(12-10-14)17-8-6-5-7-16(17)13(2)18-3/h5-13,18H,4H2,1-3H3. The van der Waals surface area contributed by atoms with Crippen molar-refractivity contribution < 1.29 is 0 Å². The maximum absolute atomic E-state index is 3.31. The van der Waals surface area contributed by atoms with Gasteiger partial charge in [-0.3, -0.25) is 0 Å². The topological polar surface area (TPSA) is 12.0 Å². The molecule has 2 rings (SSSR count). The lowest BCUT2D eigenvalue weighted by atomic mass is 9.95. The Morgan fingerprint density at radius 1 is 1.00 bits per heavy atom. The average molecular weight is 239 g/mol. The fourth-order valence-corrected chi connectivity index (χ4v) is 2.21. The SMILES string of the molecule is CCc1ccc(-c2ccccc2C(C)NC)cc1. The van der Waals surface area contributed by atoms with Gasteiger partial charge in [0.05, 0.1) is 0 Å². The molecule has 0 fully saturated rings. The van der Waals surface area contributed by atoms with Crippen molar-refractivity contribution >= 4 is 0 Å². The molecule has 0 radical (unpaired) electrons. The van der Waals surface area contributed by atoms with Gasteiger partial charge in [0, 0.05) is 6.04 Å². The Morgan fingerprint density at radius 3 is 2.28 bits per heavy atom. The van der Waals surface area contributed by atoms with Crippen LogP contribution in [-0.4, -0.2) is 7.05 Å². The van der Waals surface area contributed by atoms with E-state index in [-0.39, 0.29) is 0 Å². The molecule has 0 bridgehead atoms. The summed E-state index contributed by atoms with van der Waals surface area (Å²) in [5, 5.41) is 3.31. The zero-order chi connectivity index (χ0) is 13.0. The first-order valence-electron chi connectivity index (χ1n) is 6.61. The van der Waals surface area contributed by atoms with Gasteiger partial charge in [-0.05, 0) is 42.6 Å². The normalized spacial score (nSPS) is 12.4. The summed E-state index contributed by atoms with van der Waals surface area (Å²) < 4.78 is 0. The maximum Gasteiger partial charge on any atom is 0.0295 e. The van der Waals surface area contributed by atoms with Crippen LogP contribution in [0.5, 0.6) is 0 Å². The highest BCUT2D eigenvalue weighted by Gasteiger charge is 2.09. The molecule has 0 aliphatic rings. The van der Waals surface area contributed by atoms with Gasteiger partial charge in [-0.25, -0.2) is 0 Å². The van der Waals surface area contributed by atoms with E-state index in [1.165, 1.54) is 22.3 Å². The molecule has 0 amide bonds. The van der Waals surface area contributed by atoms with Crippen LogP contribution in [0.2, 0.25) is 0 Å². The van der Waals surface area contributed by atoms with Crippen LogP contribution in [0, 0.1) is 0 Å². The van der Waals surface area contributed by atoms with E-state index in [1.807, 2.05) is 7.05 Å². The van der Waals surface area contributed by atoms with Crippen LogP contribution < -0.4 is 5.32 Å². The van der Waals surface area contributed by atoms with Crippen molar-refractivity contribution in [3.8, 4) is 11.1 Å². The molecule has 0 heterocycles. The summed E-state index contributed by atoms with van der Waals surface area (Å²) in [4.78, 5) is 0. The lowest BCUT2D eigenvalue weighted by Crippen LogP contribution is -2.13. The largest absolute Gasteiger partial charge is 0.313 e. The summed E-state index contributed by atoms with van der Waals surface area (Å²) in [6.07, 6.45) is 1.09. The third-order valence-corrected chi connectivity index (χ3v) is 3.53. The van der Waals surface area contributed by atoms with Crippen LogP contribution in [0.3, 0.4) is 0 Å². The number of hydrogen-bond acceptors (Lipinski definition) is 1. The Labute approximate surface area is 110 Å². The zero-order valence-electron chi connectivity index (χ0n) is 11.4. The molecule has 1 unspecified atom stereocenters. The summed E-state index contributed by atoms with van der Waals surface area (Å²) >= 11 is 0. The first-order chi connectivity index (χ1) is 8.76. The minimum absolute atomic E-state index is 0.368. The number of hydrogen-bond donors (Lipinski definition) is 1. The molecule has 0 aromatic heterocycles. The van der Waals surface area contributed by atoms with E-state index >= 15 is 0 Å². The second kappa shape index (κ2) is 5.83. The smallest absolute Gasteiger partial charge is 0.0295 e. The molecule has 0 spiro atoms. The molecule has 0 aliphatic heterocycles. The summed E-state index contributed by atoms with van der Waals surface area (Å²) in [7, 11) is 2.00. The van der Waals surface area contributed by atoms with Crippen LogP contribution in [-0.2, 0) is 6.42 Å². The lowest BCUT2D eigenvalue weighted by molar-refractivity contribution is 0.654. The predicted molar refractivity (Wildman–Crippen MR) is 78.7 cm³/mol. The van der Waals surface area contributed by atoms with E-state index in [0.29, 0.717) is 6.04 Å². The third kappa shape index (κ3) is 2.62.